The Kier molecular flexibility index (Phi) is 4.24. The van der Waals surface area contributed by atoms with E-state index in [0.29, 0.717) is 12.6 Å². The molecule has 0 bridgehead atoms. The number of benzene rings is 1. The van der Waals surface area contributed by atoms with E-state index in [-0.39, 0.29) is 6.10 Å². The Hall–Kier alpha value is -1.10. The number of nitrogens with one attached hydrogen (secondary N) is 1. The summed E-state index contributed by atoms with van der Waals surface area (Å²) < 4.78 is 11.8. The van der Waals surface area contributed by atoms with Crippen LogP contribution in [0, 0.1) is 0 Å². The summed E-state index contributed by atoms with van der Waals surface area (Å²) in [6, 6.07) is 6.87. The third kappa shape index (κ3) is 2.82. The fourth-order valence-corrected chi connectivity index (χ4v) is 3.21. The molecule has 20 heavy (non-hydrogen) atoms. The van der Waals surface area contributed by atoms with Crippen LogP contribution in [0.4, 0.5) is 0 Å². The van der Waals surface area contributed by atoms with E-state index < -0.39 is 0 Å². The maximum Gasteiger partial charge on any atom is 0.122 e. The van der Waals surface area contributed by atoms with Crippen LogP contribution >= 0.6 is 0 Å². The zero-order valence-corrected chi connectivity index (χ0v) is 12.4. The fraction of sp³-hybridized carbons (Fsp3) is 0.625. The van der Waals surface area contributed by atoms with Crippen molar-refractivity contribution in [1.82, 2.24) is 10.2 Å². The minimum atomic E-state index is 0.186. The predicted octanol–water partition coefficient (Wildman–Crippen LogP) is 1.60. The van der Waals surface area contributed by atoms with Gasteiger partial charge in [0.1, 0.15) is 18.5 Å². The van der Waals surface area contributed by atoms with Gasteiger partial charge < -0.3 is 19.7 Å². The first kappa shape index (κ1) is 13.9. The Bertz CT molecular complexity index is 464. The minimum Gasteiger partial charge on any atom is -0.491 e. The Balaban J connectivity index is 1.65. The van der Waals surface area contributed by atoms with Crippen LogP contribution in [0.25, 0.3) is 0 Å². The van der Waals surface area contributed by atoms with Crippen molar-refractivity contribution in [2.75, 3.05) is 40.4 Å². The highest BCUT2D eigenvalue weighted by Crippen LogP contribution is 2.36. The quantitative estimate of drug-likeness (QED) is 0.906. The van der Waals surface area contributed by atoms with Gasteiger partial charge in [-0.25, -0.2) is 0 Å². The first-order valence-corrected chi connectivity index (χ1v) is 7.50. The number of fused-ring (bicyclic) bond motifs is 1. The predicted molar refractivity (Wildman–Crippen MR) is 79.3 cm³/mol. The molecule has 4 nitrogen and oxygen atoms in total. The van der Waals surface area contributed by atoms with Gasteiger partial charge in [0.2, 0.25) is 0 Å². The van der Waals surface area contributed by atoms with Crippen LogP contribution in [-0.4, -0.2) is 51.4 Å². The average molecular weight is 276 g/mol. The molecule has 0 aromatic heterocycles. The molecule has 1 fully saturated rings. The van der Waals surface area contributed by atoms with Crippen LogP contribution in [0.5, 0.6) is 5.75 Å². The number of hydrogen-bond acceptors (Lipinski definition) is 4. The van der Waals surface area contributed by atoms with Crippen molar-refractivity contribution in [2.24, 2.45) is 0 Å². The summed E-state index contributed by atoms with van der Waals surface area (Å²) in [5, 5.41) is 3.37. The van der Waals surface area contributed by atoms with Crippen molar-refractivity contribution in [1.29, 1.82) is 0 Å². The van der Waals surface area contributed by atoms with Gasteiger partial charge in [0, 0.05) is 19.1 Å². The van der Waals surface area contributed by atoms with Gasteiger partial charge in [-0.05, 0) is 44.1 Å². The van der Waals surface area contributed by atoms with Crippen LogP contribution in [0.1, 0.15) is 23.6 Å². The number of hydrogen-bond donors (Lipinski definition) is 1. The van der Waals surface area contributed by atoms with Gasteiger partial charge in [-0.15, -0.1) is 0 Å². The van der Waals surface area contributed by atoms with E-state index in [0.717, 1.165) is 38.3 Å². The number of likely N-dealkylation sites (N-methyl/N-ethyl adjacent to an activating group) is 1. The summed E-state index contributed by atoms with van der Waals surface area (Å²) in [4.78, 5) is 2.30. The number of ether oxygens (including phenoxy) is 2. The lowest BCUT2D eigenvalue weighted by molar-refractivity contribution is -0.0404. The largest absolute Gasteiger partial charge is 0.491 e. The molecule has 0 radical (unpaired) electrons. The molecule has 2 atom stereocenters. The summed E-state index contributed by atoms with van der Waals surface area (Å²) in [5.41, 5.74) is 2.77. The molecule has 1 aliphatic carbocycles. The van der Waals surface area contributed by atoms with Crippen LogP contribution in [0.15, 0.2) is 18.2 Å². The topological polar surface area (TPSA) is 33.7 Å². The Morgan fingerprint density at radius 3 is 3.15 bits per heavy atom. The van der Waals surface area contributed by atoms with E-state index >= 15 is 0 Å². The Labute approximate surface area is 121 Å². The van der Waals surface area contributed by atoms with E-state index in [4.69, 9.17) is 9.47 Å². The van der Waals surface area contributed by atoms with Crippen molar-refractivity contribution in [2.45, 2.75) is 25.0 Å². The van der Waals surface area contributed by atoms with Crippen molar-refractivity contribution in [3.63, 3.8) is 0 Å². The van der Waals surface area contributed by atoms with E-state index in [9.17, 15) is 0 Å². The zero-order valence-electron chi connectivity index (χ0n) is 12.4. The van der Waals surface area contributed by atoms with Crippen molar-refractivity contribution < 1.29 is 9.47 Å². The third-order valence-electron chi connectivity index (χ3n) is 4.34. The van der Waals surface area contributed by atoms with Gasteiger partial charge in [0.05, 0.1) is 6.61 Å². The zero-order chi connectivity index (χ0) is 13.9. The minimum absolute atomic E-state index is 0.186. The molecule has 1 aromatic carbocycles. The Morgan fingerprint density at radius 1 is 1.45 bits per heavy atom. The average Bonchev–Trinajstić information content (AvgIpc) is 2.89. The highest BCUT2D eigenvalue weighted by molar-refractivity contribution is 5.45. The molecule has 2 unspecified atom stereocenters. The lowest BCUT2D eigenvalue weighted by atomic mass is 10.1. The number of rotatable bonds is 4. The lowest BCUT2D eigenvalue weighted by Crippen LogP contribution is -2.42. The van der Waals surface area contributed by atoms with E-state index in [1.807, 2.05) is 7.05 Å². The van der Waals surface area contributed by atoms with Gasteiger partial charge in [-0.1, -0.05) is 12.1 Å². The van der Waals surface area contributed by atoms with Crippen molar-refractivity contribution >= 4 is 0 Å². The van der Waals surface area contributed by atoms with Gasteiger partial charge >= 0.3 is 0 Å². The molecule has 3 rings (SSSR count). The molecule has 0 spiro atoms. The summed E-state index contributed by atoms with van der Waals surface area (Å²) in [7, 11) is 4.16. The van der Waals surface area contributed by atoms with Crippen LogP contribution < -0.4 is 10.1 Å². The van der Waals surface area contributed by atoms with Crippen LogP contribution in [0.3, 0.4) is 0 Å². The fourth-order valence-electron chi connectivity index (χ4n) is 3.21. The molecule has 1 N–H and O–H groups in total. The Morgan fingerprint density at radius 2 is 2.35 bits per heavy atom. The molecule has 2 aliphatic rings. The molecule has 0 amide bonds. The summed E-state index contributed by atoms with van der Waals surface area (Å²) in [5.74, 6) is 1.04. The van der Waals surface area contributed by atoms with Gasteiger partial charge in [0.25, 0.3) is 0 Å². The number of morpholine rings is 1. The third-order valence-corrected chi connectivity index (χ3v) is 4.34. The molecular formula is C16H24N2O2. The molecule has 1 saturated heterocycles. The second kappa shape index (κ2) is 6.12. The monoisotopic (exact) mass is 276 g/mol. The first-order chi connectivity index (χ1) is 9.78. The molecule has 4 heteroatoms. The lowest BCUT2D eigenvalue weighted by Gasteiger charge is -2.30. The molecule has 1 aromatic rings. The summed E-state index contributed by atoms with van der Waals surface area (Å²) >= 11 is 0. The van der Waals surface area contributed by atoms with Crippen LogP contribution in [-0.2, 0) is 11.2 Å². The highest BCUT2D eigenvalue weighted by atomic mass is 16.5. The second-order valence-electron chi connectivity index (χ2n) is 5.77. The molecule has 110 valence electrons. The normalized spacial score (nSPS) is 26.5. The van der Waals surface area contributed by atoms with E-state index in [1.54, 1.807) is 0 Å². The second-order valence-corrected chi connectivity index (χ2v) is 5.77. The standard InChI is InChI=1S/C16H24N2O2/c1-17-15-7-6-14-13(15)4-3-5-16(14)20-11-12-10-18(2)8-9-19-12/h3-5,12,15,17H,6-11H2,1-2H3. The smallest absolute Gasteiger partial charge is 0.122 e. The van der Waals surface area contributed by atoms with Gasteiger partial charge in [0.15, 0.2) is 0 Å². The van der Waals surface area contributed by atoms with Crippen molar-refractivity contribution in [3.8, 4) is 5.75 Å². The first-order valence-electron chi connectivity index (χ1n) is 7.50. The maximum absolute atomic E-state index is 6.05. The number of nitrogens with zero attached hydrogens (tertiary/aromatic N) is 1. The van der Waals surface area contributed by atoms with Gasteiger partial charge in [-0.2, -0.15) is 0 Å². The molecular weight excluding hydrogens is 252 g/mol. The summed E-state index contributed by atoms with van der Waals surface area (Å²) in [6.45, 7) is 3.42. The maximum atomic E-state index is 6.05. The van der Waals surface area contributed by atoms with Gasteiger partial charge in [-0.3, -0.25) is 0 Å². The molecule has 1 heterocycles. The van der Waals surface area contributed by atoms with E-state index in [2.05, 4.69) is 35.5 Å². The van der Waals surface area contributed by atoms with Crippen LogP contribution in [0.2, 0.25) is 0 Å². The molecule has 1 aliphatic heterocycles. The SMILES string of the molecule is CNC1CCc2c(OCC3CN(C)CCO3)cccc21. The summed E-state index contributed by atoms with van der Waals surface area (Å²) in [6.07, 6.45) is 2.45. The van der Waals surface area contributed by atoms with Crippen molar-refractivity contribution in [3.05, 3.63) is 29.3 Å². The highest BCUT2D eigenvalue weighted by Gasteiger charge is 2.25. The van der Waals surface area contributed by atoms with E-state index in [1.165, 1.54) is 11.1 Å². The molecule has 0 saturated carbocycles.